The molecule has 5 heteroatoms. The van der Waals surface area contributed by atoms with E-state index in [1.165, 1.54) is 18.2 Å². The normalized spacial score (nSPS) is 12.2. The van der Waals surface area contributed by atoms with Crippen molar-refractivity contribution in [2.45, 2.75) is 6.92 Å². The molecule has 1 amide bonds. The van der Waals surface area contributed by atoms with Crippen LogP contribution in [0.3, 0.4) is 0 Å². The molecule has 0 aliphatic heterocycles. The summed E-state index contributed by atoms with van der Waals surface area (Å²) in [4.78, 5) is 11.6. The van der Waals surface area contributed by atoms with E-state index < -0.39 is 5.82 Å². The van der Waals surface area contributed by atoms with Gasteiger partial charge in [0.15, 0.2) is 0 Å². The molecule has 1 aromatic carbocycles. The highest BCUT2D eigenvalue weighted by Gasteiger charge is 2.12. The van der Waals surface area contributed by atoms with Crippen LogP contribution in [0, 0.1) is 11.7 Å². The highest BCUT2D eigenvalue weighted by molar-refractivity contribution is 6.30. The minimum atomic E-state index is -0.468. The molecular weight excluding hydrogens is 231 g/mol. The fourth-order valence-electron chi connectivity index (χ4n) is 1.29. The first-order valence-electron chi connectivity index (χ1n) is 4.94. The molecule has 0 aliphatic carbocycles. The van der Waals surface area contributed by atoms with E-state index in [4.69, 9.17) is 11.6 Å². The van der Waals surface area contributed by atoms with Crippen molar-refractivity contribution in [2.75, 3.05) is 18.9 Å². The summed E-state index contributed by atoms with van der Waals surface area (Å²) in [6.45, 7) is 2.35. The molecule has 88 valence electrons. The van der Waals surface area contributed by atoms with Gasteiger partial charge in [-0.15, -0.1) is 0 Å². The second kappa shape index (κ2) is 5.82. The quantitative estimate of drug-likeness (QED) is 0.853. The monoisotopic (exact) mass is 244 g/mol. The first kappa shape index (κ1) is 12.9. The summed E-state index contributed by atoms with van der Waals surface area (Å²) in [6.07, 6.45) is 0. The van der Waals surface area contributed by atoms with Crippen LogP contribution < -0.4 is 10.6 Å². The third-order valence-corrected chi connectivity index (χ3v) is 2.31. The number of rotatable bonds is 4. The molecule has 3 nitrogen and oxygen atoms in total. The Kier molecular flexibility index (Phi) is 4.71. The number of anilines is 1. The van der Waals surface area contributed by atoms with Crippen LogP contribution in [0.5, 0.6) is 0 Å². The predicted molar refractivity (Wildman–Crippen MR) is 63.1 cm³/mol. The Bertz CT molecular complexity index is 364. The van der Waals surface area contributed by atoms with Crippen molar-refractivity contribution >= 4 is 23.2 Å². The van der Waals surface area contributed by atoms with E-state index in [0.717, 1.165) is 0 Å². The Morgan fingerprint density at radius 2 is 2.19 bits per heavy atom. The number of benzene rings is 1. The molecule has 0 bridgehead atoms. The van der Waals surface area contributed by atoms with Gasteiger partial charge < -0.3 is 10.6 Å². The first-order chi connectivity index (χ1) is 7.52. The zero-order chi connectivity index (χ0) is 12.1. The van der Waals surface area contributed by atoms with Crippen LogP contribution in [0.2, 0.25) is 5.02 Å². The summed E-state index contributed by atoms with van der Waals surface area (Å²) in [7, 11) is 1.77. The van der Waals surface area contributed by atoms with Crippen LogP contribution in [-0.2, 0) is 4.79 Å². The second-order valence-corrected chi connectivity index (χ2v) is 4.04. The Balaban J connectivity index is 2.69. The molecule has 0 aliphatic rings. The molecule has 0 heterocycles. The number of amides is 1. The van der Waals surface area contributed by atoms with Gasteiger partial charge in [-0.3, -0.25) is 4.79 Å². The van der Waals surface area contributed by atoms with Gasteiger partial charge in [0, 0.05) is 23.2 Å². The van der Waals surface area contributed by atoms with Gasteiger partial charge in [0.25, 0.3) is 0 Å². The van der Waals surface area contributed by atoms with Crippen molar-refractivity contribution in [1.29, 1.82) is 0 Å². The van der Waals surface area contributed by atoms with Crippen LogP contribution in [0.15, 0.2) is 18.2 Å². The summed E-state index contributed by atoms with van der Waals surface area (Å²) in [5.41, 5.74) is 0.373. The van der Waals surface area contributed by atoms with Gasteiger partial charge in [-0.1, -0.05) is 18.5 Å². The van der Waals surface area contributed by atoms with Gasteiger partial charge in [0.2, 0.25) is 5.91 Å². The van der Waals surface area contributed by atoms with Crippen molar-refractivity contribution in [3.63, 3.8) is 0 Å². The fraction of sp³-hybridized carbons (Fsp3) is 0.364. The van der Waals surface area contributed by atoms with Crippen molar-refractivity contribution in [3.05, 3.63) is 29.0 Å². The molecule has 0 spiro atoms. The zero-order valence-electron chi connectivity index (χ0n) is 9.18. The number of carbonyl (C=O) groups is 1. The number of nitrogens with one attached hydrogen (secondary N) is 2. The zero-order valence-corrected chi connectivity index (χ0v) is 9.94. The highest BCUT2D eigenvalue weighted by Crippen LogP contribution is 2.18. The van der Waals surface area contributed by atoms with E-state index in [1.807, 2.05) is 0 Å². The Morgan fingerprint density at radius 1 is 1.50 bits per heavy atom. The Labute approximate surface area is 99.0 Å². The molecule has 0 fully saturated rings. The summed E-state index contributed by atoms with van der Waals surface area (Å²) < 4.78 is 13.0. The number of hydrogen-bond donors (Lipinski definition) is 2. The average molecular weight is 245 g/mol. The van der Waals surface area contributed by atoms with Crippen LogP contribution in [-0.4, -0.2) is 19.5 Å². The standard InChI is InChI=1S/C11H14ClFN2O/c1-7(6-14-2)11(16)15-10-4-8(12)3-9(13)5-10/h3-5,7,14H,6H2,1-2H3,(H,15,16). The van der Waals surface area contributed by atoms with Crippen molar-refractivity contribution in [3.8, 4) is 0 Å². The molecular formula is C11H14ClFN2O. The Hall–Kier alpha value is -1.13. The highest BCUT2D eigenvalue weighted by atomic mass is 35.5. The lowest BCUT2D eigenvalue weighted by atomic mass is 10.1. The van der Waals surface area contributed by atoms with Gasteiger partial charge in [-0.2, -0.15) is 0 Å². The van der Waals surface area contributed by atoms with E-state index in [-0.39, 0.29) is 16.8 Å². The number of carbonyl (C=O) groups excluding carboxylic acids is 1. The second-order valence-electron chi connectivity index (χ2n) is 3.61. The third kappa shape index (κ3) is 3.79. The van der Waals surface area contributed by atoms with E-state index in [1.54, 1.807) is 14.0 Å². The van der Waals surface area contributed by atoms with E-state index >= 15 is 0 Å². The van der Waals surface area contributed by atoms with Crippen molar-refractivity contribution < 1.29 is 9.18 Å². The minimum Gasteiger partial charge on any atom is -0.326 e. The van der Waals surface area contributed by atoms with E-state index in [9.17, 15) is 9.18 Å². The maximum atomic E-state index is 13.0. The van der Waals surface area contributed by atoms with Crippen molar-refractivity contribution in [2.24, 2.45) is 5.92 Å². The molecule has 0 radical (unpaired) electrons. The first-order valence-corrected chi connectivity index (χ1v) is 5.32. The number of halogens is 2. The molecule has 0 aromatic heterocycles. The molecule has 1 aromatic rings. The van der Waals surface area contributed by atoms with Crippen molar-refractivity contribution in [1.82, 2.24) is 5.32 Å². The summed E-state index contributed by atoms with van der Waals surface area (Å²) >= 11 is 5.67. The van der Waals surface area contributed by atoms with Gasteiger partial charge in [-0.25, -0.2) is 4.39 Å². The summed E-state index contributed by atoms with van der Waals surface area (Å²) in [6, 6.07) is 3.93. The van der Waals surface area contributed by atoms with Crippen LogP contribution >= 0.6 is 11.6 Å². The molecule has 0 saturated heterocycles. The van der Waals surface area contributed by atoms with Gasteiger partial charge in [0.05, 0.1) is 0 Å². The predicted octanol–water partition coefficient (Wildman–Crippen LogP) is 2.27. The smallest absolute Gasteiger partial charge is 0.228 e. The van der Waals surface area contributed by atoms with Gasteiger partial charge >= 0.3 is 0 Å². The molecule has 1 atom stereocenters. The maximum Gasteiger partial charge on any atom is 0.228 e. The third-order valence-electron chi connectivity index (χ3n) is 2.09. The average Bonchev–Trinajstić information content (AvgIpc) is 2.16. The SMILES string of the molecule is CNCC(C)C(=O)Nc1cc(F)cc(Cl)c1. The fourth-order valence-corrected chi connectivity index (χ4v) is 1.51. The molecule has 0 saturated carbocycles. The Morgan fingerprint density at radius 3 is 2.75 bits per heavy atom. The summed E-state index contributed by atoms with van der Waals surface area (Å²) in [5.74, 6) is -0.827. The largest absolute Gasteiger partial charge is 0.326 e. The lowest BCUT2D eigenvalue weighted by Gasteiger charge is -2.11. The topological polar surface area (TPSA) is 41.1 Å². The summed E-state index contributed by atoms with van der Waals surface area (Å²) in [5, 5.41) is 5.76. The van der Waals surface area contributed by atoms with Gasteiger partial charge in [0.1, 0.15) is 5.82 Å². The van der Waals surface area contributed by atoms with Gasteiger partial charge in [-0.05, 0) is 25.2 Å². The lowest BCUT2D eigenvalue weighted by molar-refractivity contribution is -0.119. The molecule has 16 heavy (non-hydrogen) atoms. The lowest BCUT2D eigenvalue weighted by Crippen LogP contribution is -2.28. The van der Waals surface area contributed by atoms with Crippen LogP contribution in [0.1, 0.15) is 6.92 Å². The number of hydrogen-bond acceptors (Lipinski definition) is 2. The van der Waals surface area contributed by atoms with Crippen LogP contribution in [0.25, 0.3) is 0 Å². The van der Waals surface area contributed by atoms with E-state index in [0.29, 0.717) is 12.2 Å². The van der Waals surface area contributed by atoms with E-state index in [2.05, 4.69) is 10.6 Å². The molecule has 1 rings (SSSR count). The molecule has 2 N–H and O–H groups in total. The molecule has 1 unspecified atom stereocenters. The maximum absolute atomic E-state index is 13.0. The van der Waals surface area contributed by atoms with Crippen LogP contribution in [0.4, 0.5) is 10.1 Å². The minimum absolute atomic E-state index is 0.170.